The summed E-state index contributed by atoms with van der Waals surface area (Å²) in [5.41, 5.74) is 4.94. The molecule has 0 radical (unpaired) electrons. The lowest BCUT2D eigenvalue weighted by molar-refractivity contribution is 0.0719. The SMILES string of the molecule is COc1ccc2c(c1)CC(C)(S(C)(=O)=O)Cn1c-2c(C2CCCCC2)c2ccc(C(=O)NS(=O)(=O)N3CCOCC3)cc21. The van der Waals surface area contributed by atoms with Gasteiger partial charge in [-0.05, 0) is 73.6 Å². The number of ether oxygens (including phenoxy) is 2. The number of hydrogen-bond acceptors (Lipinski definition) is 7. The lowest BCUT2D eigenvalue weighted by atomic mass is 9.81. The second kappa shape index (κ2) is 11.2. The summed E-state index contributed by atoms with van der Waals surface area (Å²) in [5, 5.41) is 0.967. The zero-order chi connectivity index (χ0) is 30.6. The molecular formula is C31H39N3O7S2. The van der Waals surface area contributed by atoms with Crippen molar-refractivity contribution in [3.63, 3.8) is 0 Å². The van der Waals surface area contributed by atoms with Gasteiger partial charge >= 0.3 is 10.2 Å². The van der Waals surface area contributed by atoms with Gasteiger partial charge in [-0.2, -0.15) is 12.7 Å². The van der Waals surface area contributed by atoms with Crippen LogP contribution < -0.4 is 9.46 Å². The van der Waals surface area contributed by atoms with E-state index >= 15 is 0 Å². The zero-order valence-electron chi connectivity index (χ0n) is 24.9. The summed E-state index contributed by atoms with van der Waals surface area (Å²) in [6, 6.07) is 11.1. The second-order valence-electron chi connectivity index (χ2n) is 12.3. The Morgan fingerprint density at radius 2 is 1.74 bits per heavy atom. The molecule has 3 heterocycles. The average molecular weight is 630 g/mol. The van der Waals surface area contributed by atoms with Crippen LogP contribution in [0.5, 0.6) is 5.75 Å². The quantitative estimate of drug-likeness (QED) is 0.437. The molecule has 232 valence electrons. The van der Waals surface area contributed by atoms with Crippen molar-refractivity contribution in [1.29, 1.82) is 0 Å². The number of nitrogens with zero attached hydrogens (tertiary/aromatic N) is 2. The molecule has 1 N–H and O–H groups in total. The smallest absolute Gasteiger partial charge is 0.304 e. The summed E-state index contributed by atoms with van der Waals surface area (Å²) in [5.74, 6) is 0.220. The number of carbonyl (C=O) groups is 1. The van der Waals surface area contributed by atoms with Gasteiger partial charge in [-0.25, -0.2) is 13.1 Å². The molecule has 2 aromatic carbocycles. The van der Waals surface area contributed by atoms with Crippen LogP contribution in [0.1, 0.15) is 66.4 Å². The first-order valence-corrected chi connectivity index (χ1v) is 18.2. The molecule has 2 fully saturated rings. The highest BCUT2D eigenvalue weighted by molar-refractivity contribution is 7.92. The Kier molecular flexibility index (Phi) is 7.85. The molecule has 1 amide bonds. The van der Waals surface area contributed by atoms with E-state index in [1.165, 1.54) is 22.5 Å². The van der Waals surface area contributed by atoms with Crippen molar-refractivity contribution < 1.29 is 31.1 Å². The topological polar surface area (TPSA) is 124 Å². The standard InChI is InChI=1S/C31H39N3O7S2/c1-31(42(3,36)37)19-23-17-24(40-2)10-12-25(23)29-28(21-7-5-4-6-8-21)26-11-9-22(18-27(26)34(29)20-31)30(35)32-43(38,39)33-13-15-41-16-14-33/h9-12,17-18,21H,4-8,13-16,19-20H2,1-3H3,(H,32,35). The molecule has 1 atom stereocenters. The second-order valence-corrected chi connectivity index (χ2v) is 16.5. The van der Waals surface area contributed by atoms with Gasteiger partial charge in [0.05, 0.1) is 30.8 Å². The van der Waals surface area contributed by atoms with Gasteiger partial charge in [0.25, 0.3) is 5.91 Å². The lowest BCUT2D eigenvalue weighted by Crippen LogP contribution is -2.48. The number of amides is 1. The predicted molar refractivity (Wildman–Crippen MR) is 165 cm³/mol. The molecule has 3 aromatic rings. The molecule has 3 aliphatic rings. The largest absolute Gasteiger partial charge is 0.497 e. The summed E-state index contributed by atoms with van der Waals surface area (Å²) >= 11 is 0. The van der Waals surface area contributed by atoms with E-state index in [-0.39, 0.29) is 44.3 Å². The fraction of sp³-hybridized carbons (Fsp3) is 0.516. The first-order chi connectivity index (χ1) is 20.4. The Labute approximate surface area is 253 Å². The highest BCUT2D eigenvalue weighted by Crippen LogP contribution is 2.48. The van der Waals surface area contributed by atoms with Crippen LogP contribution in [-0.2, 0) is 37.7 Å². The van der Waals surface area contributed by atoms with E-state index in [1.54, 1.807) is 26.2 Å². The zero-order valence-corrected chi connectivity index (χ0v) is 26.5. The Balaban J connectivity index is 1.55. The van der Waals surface area contributed by atoms with Crippen LogP contribution in [0.25, 0.3) is 22.2 Å². The van der Waals surface area contributed by atoms with Crippen LogP contribution in [-0.4, -0.2) is 76.0 Å². The molecular weight excluding hydrogens is 590 g/mol. The monoisotopic (exact) mass is 629 g/mol. The minimum absolute atomic E-state index is 0.173. The third-order valence-corrected chi connectivity index (χ3v) is 13.0. The number of sulfone groups is 1. The maximum absolute atomic E-state index is 13.4. The van der Waals surface area contributed by atoms with Crippen molar-refractivity contribution in [1.82, 2.24) is 13.6 Å². The molecule has 43 heavy (non-hydrogen) atoms. The summed E-state index contributed by atoms with van der Waals surface area (Å²) in [6.45, 7) is 2.86. The van der Waals surface area contributed by atoms with E-state index in [0.717, 1.165) is 53.4 Å². The van der Waals surface area contributed by atoms with Gasteiger partial charge in [0, 0.05) is 47.9 Å². The van der Waals surface area contributed by atoms with Gasteiger partial charge in [-0.15, -0.1) is 0 Å². The van der Waals surface area contributed by atoms with Gasteiger partial charge in [-0.3, -0.25) is 4.79 Å². The molecule has 6 rings (SSSR count). The lowest BCUT2D eigenvalue weighted by Gasteiger charge is -2.27. The van der Waals surface area contributed by atoms with E-state index < -0.39 is 30.7 Å². The van der Waals surface area contributed by atoms with Gasteiger partial charge in [0.2, 0.25) is 0 Å². The highest BCUT2D eigenvalue weighted by Gasteiger charge is 2.42. The number of benzene rings is 2. The van der Waals surface area contributed by atoms with Gasteiger partial charge in [-0.1, -0.05) is 25.3 Å². The maximum Gasteiger partial charge on any atom is 0.304 e. The molecule has 1 unspecified atom stereocenters. The molecule has 0 spiro atoms. The molecule has 1 aromatic heterocycles. The number of methoxy groups -OCH3 is 1. The summed E-state index contributed by atoms with van der Waals surface area (Å²) in [6.07, 6.45) is 7.07. The first-order valence-electron chi connectivity index (χ1n) is 14.8. The fourth-order valence-corrected chi connectivity index (χ4v) is 8.81. The van der Waals surface area contributed by atoms with E-state index in [0.29, 0.717) is 12.2 Å². The Morgan fingerprint density at radius 1 is 1.02 bits per heavy atom. The Hall–Kier alpha value is -2.93. The number of carbonyl (C=O) groups excluding carboxylic acids is 1. The normalized spacial score (nSPS) is 22.0. The molecule has 1 saturated heterocycles. The van der Waals surface area contributed by atoms with E-state index in [4.69, 9.17) is 9.47 Å². The minimum atomic E-state index is -4.05. The van der Waals surface area contributed by atoms with Crippen molar-refractivity contribution in [2.45, 2.75) is 62.7 Å². The number of morpholine rings is 1. The van der Waals surface area contributed by atoms with E-state index in [2.05, 4.69) is 9.29 Å². The maximum atomic E-state index is 13.4. The van der Waals surface area contributed by atoms with Crippen molar-refractivity contribution >= 4 is 36.9 Å². The van der Waals surface area contributed by atoms with E-state index in [1.807, 2.05) is 24.3 Å². The fourth-order valence-electron chi connectivity index (χ4n) is 6.92. The van der Waals surface area contributed by atoms with Gasteiger partial charge in [0.1, 0.15) is 5.75 Å². The van der Waals surface area contributed by atoms with Crippen LogP contribution in [0.4, 0.5) is 0 Å². The van der Waals surface area contributed by atoms with Crippen LogP contribution in [0.2, 0.25) is 0 Å². The molecule has 1 saturated carbocycles. The number of hydrogen-bond donors (Lipinski definition) is 1. The number of rotatable bonds is 6. The predicted octanol–water partition coefficient (Wildman–Crippen LogP) is 4.03. The van der Waals surface area contributed by atoms with Crippen molar-refractivity contribution in [2.75, 3.05) is 39.7 Å². The summed E-state index contributed by atoms with van der Waals surface area (Å²) in [4.78, 5) is 13.4. The number of aromatic nitrogens is 1. The first kappa shape index (κ1) is 30.1. The van der Waals surface area contributed by atoms with Crippen molar-refractivity contribution in [2.24, 2.45) is 0 Å². The van der Waals surface area contributed by atoms with Crippen molar-refractivity contribution in [3.05, 3.63) is 53.1 Å². The number of nitrogens with one attached hydrogen (secondary N) is 1. The molecule has 1 aliphatic carbocycles. The molecule has 2 aliphatic heterocycles. The van der Waals surface area contributed by atoms with Crippen LogP contribution in [0.3, 0.4) is 0 Å². The molecule has 0 bridgehead atoms. The van der Waals surface area contributed by atoms with Crippen molar-refractivity contribution in [3.8, 4) is 17.0 Å². The molecule has 10 nitrogen and oxygen atoms in total. The summed E-state index contributed by atoms with van der Waals surface area (Å²) < 4.78 is 67.8. The van der Waals surface area contributed by atoms with E-state index in [9.17, 15) is 21.6 Å². The van der Waals surface area contributed by atoms with Crippen LogP contribution >= 0.6 is 0 Å². The number of fused-ring (bicyclic) bond motifs is 5. The third-order valence-electron chi connectivity index (χ3n) is 9.43. The van der Waals surface area contributed by atoms with Gasteiger partial charge < -0.3 is 14.0 Å². The van der Waals surface area contributed by atoms with Crippen LogP contribution in [0.15, 0.2) is 36.4 Å². The highest BCUT2D eigenvalue weighted by atomic mass is 32.2. The molecule has 12 heteroatoms. The Bertz CT molecular complexity index is 1790. The summed E-state index contributed by atoms with van der Waals surface area (Å²) in [7, 11) is -5.98. The van der Waals surface area contributed by atoms with Gasteiger partial charge in [0.15, 0.2) is 9.84 Å². The third kappa shape index (κ3) is 5.47. The minimum Gasteiger partial charge on any atom is -0.497 e. The average Bonchev–Trinajstić information content (AvgIpc) is 3.22. The van der Waals surface area contributed by atoms with Crippen LogP contribution in [0, 0.1) is 0 Å². The Morgan fingerprint density at radius 3 is 2.42 bits per heavy atom.